The second-order valence-corrected chi connectivity index (χ2v) is 5.88. The van der Waals surface area contributed by atoms with Crippen LogP contribution in [0.1, 0.15) is 19.8 Å². The van der Waals surface area contributed by atoms with E-state index >= 15 is 0 Å². The Labute approximate surface area is 134 Å². The smallest absolute Gasteiger partial charge is 0.312 e. The van der Waals surface area contributed by atoms with E-state index in [1.165, 1.54) is 7.11 Å². The molecule has 2 rings (SSSR count). The lowest BCUT2D eigenvalue weighted by Gasteiger charge is -2.30. The van der Waals surface area contributed by atoms with Crippen LogP contribution in [0.25, 0.3) is 0 Å². The molecule has 5 nitrogen and oxygen atoms in total. The number of methoxy groups -OCH3 is 1. The maximum atomic E-state index is 12.3. The summed E-state index contributed by atoms with van der Waals surface area (Å²) in [5, 5.41) is 13.1. The quantitative estimate of drug-likeness (QED) is 0.659. The van der Waals surface area contributed by atoms with Crippen molar-refractivity contribution in [1.29, 1.82) is 0 Å². The number of Topliss-reactive ketones (excluding diaryl/α,β-unsaturated/α-hetero) is 1. The van der Waals surface area contributed by atoms with Gasteiger partial charge in [-0.25, -0.2) is 0 Å². The van der Waals surface area contributed by atoms with Crippen molar-refractivity contribution in [3.8, 4) is 0 Å². The molecule has 0 bridgehead atoms. The fourth-order valence-electron chi connectivity index (χ4n) is 2.49. The van der Waals surface area contributed by atoms with Crippen molar-refractivity contribution in [3.63, 3.8) is 0 Å². The number of para-hydroxylation sites is 1. The van der Waals surface area contributed by atoms with Gasteiger partial charge in [0.1, 0.15) is 10.7 Å². The van der Waals surface area contributed by atoms with Crippen molar-refractivity contribution in [2.75, 3.05) is 12.4 Å². The molecule has 0 radical (unpaired) electrons. The number of carbonyl (C=O) groups excluding carboxylic acids is 2. The number of aliphatic hydroxyl groups is 1. The number of nitrogens with one attached hydrogen (secondary N) is 1. The Morgan fingerprint density at radius 3 is 2.50 bits per heavy atom. The first kappa shape index (κ1) is 16.2. The highest BCUT2D eigenvalue weighted by molar-refractivity contribution is 7.81. The van der Waals surface area contributed by atoms with Gasteiger partial charge < -0.3 is 15.2 Å². The highest BCUT2D eigenvalue weighted by atomic mass is 32.1. The lowest BCUT2D eigenvalue weighted by molar-refractivity contribution is -0.154. The number of rotatable bonds is 3. The summed E-state index contributed by atoms with van der Waals surface area (Å²) in [5.41, 5.74) is -0.260. The zero-order valence-corrected chi connectivity index (χ0v) is 13.2. The van der Waals surface area contributed by atoms with Gasteiger partial charge in [-0.15, -0.1) is 0 Å². The number of benzene rings is 1. The van der Waals surface area contributed by atoms with Crippen LogP contribution in [0.15, 0.2) is 41.7 Å². The summed E-state index contributed by atoms with van der Waals surface area (Å²) in [4.78, 5) is 24.3. The van der Waals surface area contributed by atoms with E-state index in [9.17, 15) is 14.7 Å². The third-order valence-corrected chi connectivity index (χ3v) is 3.92. The number of ketones is 1. The summed E-state index contributed by atoms with van der Waals surface area (Å²) in [6.45, 7) is 1.59. The largest absolute Gasteiger partial charge is 0.511 e. The van der Waals surface area contributed by atoms with Crippen LogP contribution in [0, 0.1) is 5.41 Å². The van der Waals surface area contributed by atoms with Crippen LogP contribution >= 0.6 is 12.2 Å². The third kappa shape index (κ3) is 3.17. The summed E-state index contributed by atoms with van der Waals surface area (Å²) in [6.07, 6.45) is -0.0208. The molecule has 0 saturated carbocycles. The second-order valence-electron chi connectivity index (χ2n) is 5.47. The van der Waals surface area contributed by atoms with Crippen LogP contribution in [0.4, 0.5) is 5.69 Å². The van der Waals surface area contributed by atoms with E-state index in [1.54, 1.807) is 19.1 Å². The molecule has 0 aromatic heterocycles. The predicted octanol–water partition coefficient (Wildman–Crippen LogP) is 2.78. The van der Waals surface area contributed by atoms with Crippen LogP contribution in [0.3, 0.4) is 0 Å². The summed E-state index contributed by atoms with van der Waals surface area (Å²) < 4.78 is 4.71. The number of allylic oxidation sites excluding steroid dienone is 1. The molecule has 1 aromatic rings. The molecule has 1 aliphatic rings. The van der Waals surface area contributed by atoms with E-state index in [2.05, 4.69) is 5.32 Å². The number of thiocarbonyl (C=S) groups is 1. The van der Waals surface area contributed by atoms with Gasteiger partial charge in [0.25, 0.3) is 0 Å². The summed E-state index contributed by atoms with van der Waals surface area (Å²) >= 11 is 5.21. The maximum absolute atomic E-state index is 12.3. The van der Waals surface area contributed by atoms with Crippen LogP contribution in [0.5, 0.6) is 0 Å². The Kier molecular flexibility index (Phi) is 4.61. The lowest BCUT2D eigenvalue weighted by atomic mass is 9.75. The normalized spacial score (nSPS) is 21.5. The van der Waals surface area contributed by atoms with Gasteiger partial charge in [-0.2, -0.15) is 0 Å². The molecule has 1 aromatic carbocycles. The number of hydrogen-bond donors (Lipinski definition) is 2. The average Bonchev–Trinajstić information content (AvgIpc) is 2.46. The minimum Gasteiger partial charge on any atom is -0.511 e. The summed E-state index contributed by atoms with van der Waals surface area (Å²) in [7, 11) is 1.26. The Hall–Kier alpha value is -2.21. The molecule has 0 aliphatic heterocycles. The van der Waals surface area contributed by atoms with Crippen molar-refractivity contribution in [2.45, 2.75) is 19.8 Å². The number of aliphatic hydroxyl groups excluding tert-OH is 1. The van der Waals surface area contributed by atoms with Gasteiger partial charge in [-0.1, -0.05) is 30.4 Å². The van der Waals surface area contributed by atoms with Gasteiger partial charge in [0.2, 0.25) is 0 Å². The molecular weight excluding hydrogens is 302 g/mol. The minimum atomic E-state index is -1.05. The van der Waals surface area contributed by atoms with Gasteiger partial charge in [-0.05, 0) is 19.1 Å². The monoisotopic (exact) mass is 319 g/mol. The number of carbonyl (C=O) groups is 2. The molecule has 1 unspecified atom stereocenters. The highest BCUT2D eigenvalue weighted by Crippen LogP contribution is 2.37. The molecule has 0 heterocycles. The third-order valence-electron chi connectivity index (χ3n) is 3.61. The van der Waals surface area contributed by atoms with Crippen LogP contribution in [-0.2, 0) is 14.3 Å². The number of anilines is 1. The molecule has 0 saturated heterocycles. The van der Waals surface area contributed by atoms with E-state index in [0.29, 0.717) is 0 Å². The fourth-order valence-corrected chi connectivity index (χ4v) is 2.84. The SMILES string of the molecule is COC(=O)C1(C)CC(=O)C(C(=S)Nc2ccccc2)=C(O)C1. The van der Waals surface area contributed by atoms with Crippen LogP contribution in [0.2, 0.25) is 0 Å². The summed E-state index contributed by atoms with van der Waals surface area (Å²) in [6, 6.07) is 9.12. The number of ether oxygens (including phenoxy) is 1. The Morgan fingerprint density at radius 2 is 1.95 bits per heavy atom. The minimum absolute atomic E-state index is 0.0252. The zero-order valence-electron chi connectivity index (χ0n) is 12.4. The van der Waals surface area contributed by atoms with Crippen LogP contribution < -0.4 is 5.32 Å². The van der Waals surface area contributed by atoms with E-state index in [-0.39, 0.29) is 34.9 Å². The van der Waals surface area contributed by atoms with Gasteiger partial charge in [0.05, 0.1) is 18.1 Å². The number of esters is 1. The molecule has 0 spiro atoms. The first-order valence-corrected chi connectivity index (χ1v) is 7.18. The Balaban J connectivity index is 2.24. The van der Waals surface area contributed by atoms with E-state index < -0.39 is 11.4 Å². The van der Waals surface area contributed by atoms with Crippen LogP contribution in [-0.4, -0.2) is 29.0 Å². The van der Waals surface area contributed by atoms with Crippen molar-refractivity contribution in [2.24, 2.45) is 5.41 Å². The number of hydrogen-bond acceptors (Lipinski definition) is 5. The fraction of sp³-hybridized carbons (Fsp3) is 0.312. The van der Waals surface area contributed by atoms with Crippen molar-refractivity contribution in [1.82, 2.24) is 0 Å². The zero-order chi connectivity index (χ0) is 16.3. The first-order chi connectivity index (χ1) is 10.4. The molecule has 116 valence electrons. The molecular formula is C16H17NO4S. The lowest BCUT2D eigenvalue weighted by Crippen LogP contribution is -2.38. The van der Waals surface area contributed by atoms with E-state index in [0.717, 1.165) is 5.69 Å². The van der Waals surface area contributed by atoms with Crippen molar-refractivity contribution in [3.05, 3.63) is 41.7 Å². The summed E-state index contributed by atoms with van der Waals surface area (Å²) in [5.74, 6) is -1.07. The average molecular weight is 319 g/mol. The second kappa shape index (κ2) is 6.27. The van der Waals surface area contributed by atoms with Gasteiger partial charge in [0.15, 0.2) is 5.78 Å². The van der Waals surface area contributed by atoms with E-state index in [4.69, 9.17) is 17.0 Å². The maximum Gasteiger partial charge on any atom is 0.312 e. The van der Waals surface area contributed by atoms with E-state index in [1.807, 2.05) is 18.2 Å². The van der Waals surface area contributed by atoms with Gasteiger partial charge in [0, 0.05) is 18.5 Å². The molecule has 1 atom stereocenters. The molecule has 1 aliphatic carbocycles. The topological polar surface area (TPSA) is 75.6 Å². The van der Waals surface area contributed by atoms with Crippen molar-refractivity contribution >= 4 is 34.6 Å². The molecule has 22 heavy (non-hydrogen) atoms. The standard InChI is InChI=1S/C16H17NO4S/c1-16(15(20)21-2)8-11(18)13(12(19)9-16)14(22)17-10-6-4-3-5-7-10/h3-7,18H,8-9H2,1-2H3,(H,17,22). The molecule has 0 amide bonds. The predicted molar refractivity (Wildman–Crippen MR) is 86.7 cm³/mol. The highest BCUT2D eigenvalue weighted by Gasteiger charge is 2.44. The molecule has 6 heteroatoms. The Morgan fingerprint density at radius 1 is 1.32 bits per heavy atom. The molecule has 2 N–H and O–H groups in total. The van der Waals surface area contributed by atoms with Gasteiger partial charge >= 0.3 is 5.97 Å². The van der Waals surface area contributed by atoms with Crippen molar-refractivity contribution < 1.29 is 19.4 Å². The van der Waals surface area contributed by atoms with Gasteiger partial charge in [-0.3, -0.25) is 9.59 Å². The Bertz CT molecular complexity index is 653. The molecule has 0 fully saturated rings. The first-order valence-electron chi connectivity index (χ1n) is 6.77.